The Balaban J connectivity index is 1.52. The predicted octanol–water partition coefficient (Wildman–Crippen LogP) is 3.95. The van der Waals surface area contributed by atoms with Gasteiger partial charge in [0, 0.05) is 19.0 Å². The summed E-state index contributed by atoms with van der Waals surface area (Å²) in [4.78, 5) is 0. The van der Waals surface area contributed by atoms with Crippen LogP contribution in [-0.2, 0) is 6.54 Å². The highest BCUT2D eigenvalue weighted by atomic mass is 14.9. The van der Waals surface area contributed by atoms with Gasteiger partial charge in [-0.25, -0.2) is 0 Å². The molecule has 5 aliphatic rings. The molecule has 6 rings (SSSR count). The molecule has 106 valence electrons. The molecule has 1 atom stereocenters. The van der Waals surface area contributed by atoms with E-state index in [0.29, 0.717) is 0 Å². The van der Waals surface area contributed by atoms with Gasteiger partial charge in [0.15, 0.2) is 0 Å². The lowest BCUT2D eigenvalue weighted by molar-refractivity contribution is -0.0485. The van der Waals surface area contributed by atoms with Gasteiger partial charge in [-0.1, -0.05) is 24.3 Å². The Morgan fingerprint density at radius 2 is 1.55 bits per heavy atom. The molecule has 20 heavy (non-hydrogen) atoms. The largest absolute Gasteiger partial charge is 0.312 e. The van der Waals surface area contributed by atoms with Gasteiger partial charge in [-0.15, -0.1) is 0 Å². The van der Waals surface area contributed by atoms with Gasteiger partial charge in [-0.3, -0.25) is 0 Å². The van der Waals surface area contributed by atoms with Crippen LogP contribution >= 0.6 is 0 Å². The van der Waals surface area contributed by atoms with Crippen molar-refractivity contribution >= 4 is 0 Å². The van der Waals surface area contributed by atoms with Crippen LogP contribution in [0.15, 0.2) is 24.3 Å². The molecule has 4 fully saturated rings. The monoisotopic (exact) mass is 267 g/mol. The van der Waals surface area contributed by atoms with Gasteiger partial charge < -0.3 is 5.32 Å². The molecule has 1 aromatic carbocycles. The summed E-state index contributed by atoms with van der Waals surface area (Å²) < 4.78 is 0. The maximum atomic E-state index is 3.70. The van der Waals surface area contributed by atoms with E-state index in [2.05, 4.69) is 29.6 Å². The lowest BCUT2D eigenvalue weighted by atomic mass is 9.49. The van der Waals surface area contributed by atoms with E-state index in [-0.39, 0.29) is 0 Å². The first-order chi connectivity index (χ1) is 9.88. The van der Waals surface area contributed by atoms with Crippen molar-refractivity contribution < 1.29 is 0 Å². The topological polar surface area (TPSA) is 12.0 Å². The molecule has 1 nitrogen and oxygen atoms in total. The molecule has 1 aromatic rings. The van der Waals surface area contributed by atoms with Gasteiger partial charge >= 0.3 is 0 Å². The van der Waals surface area contributed by atoms with Crippen molar-refractivity contribution in [1.29, 1.82) is 0 Å². The highest BCUT2D eigenvalue weighted by Crippen LogP contribution is 2.60. The predicted molar refractivity (Wildman–Crippen MR) is 81.4 cm³/mol. The molecular formula is C19H25N. The number of hydrogen-bond acceptors (Lipinski definition) is 1. The van der Waals surface area contributed by atoms with Crippen molar-refractivity contribution in [2.75, 3.05) is 6.54 Å². The fourth-order valence-corrected chi connectivity index (χ4v) is 6.50. The zero-order valence-electron chi connectivity index (χ0n) is 12.2. The van der Waals surface area contributed by atoms with Gasteiger partial charge in [0.05, 0.1) is 0 Å². The lowest BCUT2D eigenvalue weighted by Crippen LogP contribution is -2.49. The van der Waals surface area contributed by atoms with Crippen molar-refractivity contribution in [2.45, 2.75) is 44.6 Å². The molecule has 4 bridgehead atoms. The van der Waals surface area contributed by atoms with Gasteiger partial charge in [0.1, 0.15) is 0 Å². The zero-order valence-corrected chi connectivity index (χ0v) is 12.2. The molecule has 1 heterocycles. The molecule has 1 aliphatic heterocycles. The number of hydrogen-bond donors (Lipinski definition) is 1. The maximum Gasteiger partial charge on any atom is 0.0208 e. The normalized spacial score (nSPS) is 45.4. The van der Waals surface area contributed by atoms with E-state index in [1.807, 2.05) is 0 Å². The number of fused-ring (bicyclic) bond motifs is 1. The first-order valence-corrected chi connectivity index (χ1v) is 8.67. The Kier molecular flexibility index (Phi) is 2.56. The minimum Gasteiger partial charge on any atom is -0.312 e. The van der Waals surface area contributed by atoms with Crippen LogP contribution in [0.3, 0.4) is 0 Å². The van der Waals surface area contributed by atoms with Crippen LogP contribution in [0.25, 0.3) is 0 Å². The fraction of sp³-hybridized carbons (Fsp3) is 0.684. The highest BCUT2D eigenvalue weighted by Gasteiger charge is 2.51. The van der Waals surface area contributed by atoms with E-state index in [0.717, 1.165) is 42.1 Å². The second kappa shape index (κ2) is 4.34. The molecule has 0 aromatic heterocycles. The first kappa shape index (κ1) is 11.8. The Labute approximate surface area is 122 Å². The Morgan fingerprint density at radius 1 is 0.850 bits per heavy atom. The smallest absolute Gasteiger partial charge is 0.0208 e. The number of nitrogens with one attached hydrogen (secondary N) is 1. The van der Waals surface area contributed by atoms with Crippen LogP contribution in [0.1, 0.15) is 49.1 Å². The zero-order chi connectivity index (χ0) is 13.1. The minimum atomic E-state index is 0.801. The standard InChI is InChI=1S/C19H25N/c1-2-4-17-14(3-1)10-20-11-18(17)19-15-6-12-5-13(8-15)9-16(19)7-12/h1-4,12-13,15-16,18-20H,5-11H2. The second-order valence-corrected chi connectivity index (χ2v) is 7.94. The Hall–Kier alpha value is -0.820. The van der Waals surface area contributed by atoms with Crippen molar-refractivity contribution in [3.8, 4) is 0 Å². The van der Waals surface area contributed by atoms with Crippen molar-refractivity contribution in [2.24, 2.45) is 29.6 Å². The Morgan fingerprint density at radius 3 is 2.30 bits per heavy atom. The Bertz CT molecular complexity index is 492. The summed E-state index contributed by atoms with van der Waals surface area (Å²) in [5.41, 5.74) is 3.25. The molecule has 4 aliphatic carbocycles. The first-order valence-electron chi connectivity index (χ1n) is 8.67. The van der Waals surface area contributed by atoms with Gasteiger partial charge in [0.2, 0.25) is 0 Å². The van der Waals surface area contributed by atoms with Gasteiger partial charge in [-0.05, 0) is 72.8 Å². The fourth-order valence-electron chi connectivity index (χ4n) is 6.50. The molecule has 0 spiro atoms. The highest BCUT2D eigenvalue weighted by molar-refractivity contribution is 5.34. The van der Waals surface area contributed by atoms with Crippen LogP contribution in [-0.4, -0.2) is 6.54 Å². The van der Waals surface area contributed by atoms with Gasteiger partial charge in [0.25, 0.3) is 0 Å². The quantitative estimate of drug-likeness (QED) is 0.812. The van der Waals surface area contributed by atoms with Crippen molar-refractivity contribution in [1.82, 2.24) is 5.32 Å². The summed E-state index contributed by atoms with van der Waals surface area (Å²) in [7, 11) is 0. The molecule has 1 N–H and O–H groups in total. The average molecular weight is 267 g/mol. The SMILES string of the molecule is c1ccc2c(c1)CNCC2C1C2CC3CC(C2)CC1C3. The molecule has 4 saturated carbocycles. The molecule has 0 radical (unpaired) electrons. The summed E-state index contributed by atoms with van der Waals surface area (Å²) in [6.07, 6.45) is 7.78. The summed E-state index contributed by atoms with van der Waals surface area (Å²) in [6, 6.07) is 9.23. The molecular weight excluding hydrogens is 242 g/mol. The van der Waals surface area contributed by atoms with E-state index >= 15 is 0 Å². The van der Waals surface area contributed by atoms with Crippen LogP contribution in [0.5, 0.6) is 0 Å². The third-order valence-corrected chi connectivity index (χ3v) is 6.90. The summed E-state index contributed by atoms with van der Waals surface area (Å²) in [5.74, 6) is 6.07. The summed E-state index contributed by atoms with van der Waals surface area (Å²) in [5, 5.41) is 3.70. The average Bonchev–Trinajstić information content (AvgIpc) is 2.46. The third kappa shape index (κ3) is 1.65. The van der Waals surface area contributed by atoms with Crippen LogP contribution in [0.4, 0.5) is 0 Å². The van der Waals surface area contributed by atoms with Crippen molar-refractivity contribution in [3.63, 3.8) is 0 Å². The van der Waals surface area contributed by atoms with E-state index in [1.165, 1.54) is 6.54 Å². The van der Waals surface area contributed by atoms with Crippen LogP contribution < -0.4 is 5.32 Å². The maximum absolute atomic E-state index is 3.70. The molecule has 1 heteroatoms. The van der Waals surface area contributed by atoms with Crippen LogP contribution in [0, 0.1) is 29.6 Å². The van der Waals surface area contributed by atoms with E-state index in [9.17, 15) is 0 Å². The van der Waals surface area contributed by atoms with Gasteiger partial charge in [-0.2, -0.15) is 0 Å². The number of benzene rings is 1. The second-order valence-electron chi connectivity index (χ2n) is 7.94. The van der Waals surface area contributed by atoms with Crippen LogP contribution in [0.2, 0.25) is 0 Å². The summed E-state index contributed by atoms with van der Waals surface area (Å²) in [6.45, 7) is 2.31. The third-order valence-electron chi connectivity index (χ3n) is 6.90. The number of rotatable bonds is 1. The lowest BCUT2D eigenvalue weighted by Gasteiger charge is -2.57. The van der Waals surface area contributed by atoms with Crippen molar-refractivity contribution in [3.05, 3.63) is 35.4 Å². The van der Waals surface area contributed by atoms with E-state index in [1.54, 1.807) is 43.2 Å². The molecule has 0 amide bonds. The van der Waals surface area contributed by atoms with E-state index in [4.69, 9.17) is 0 Å². The molecule has 0 saturated heterocycles. The minimum absolute atomic E-state index is 0.801. The molecule has 1 unspecified atom stereocenters. The summed E-state index contributed by atoms with van der Waals surface area (Å²) >= 11 is 0. The van der Waals surface area contributed by atoms with E-state index < -0.39 is 0 Å².